The second-order valence-electron chi connectivity index (χ2n) is 3.23. The molecule has 0 radical (unpaired) electrons. The average molecular weight is 227 g/mol. The number of rotatable bonds is 5. The molecule has 0 atom stereocenters. The number of thiophene rings is 1. The number of hydrogen-bond acceptors (Lipinski definition) is 4. The van der Waals surface area contributed by atoms with Crippen molar-refractivity contribution >= 4 is 28.8 Å². The predicted molar refractivity (Wildman–Crippen MR) is 59.5 cm³/mol. The highest BCUT2D eigenvalue weighted by molar-refractivity contribution is 7.13. The molecular weight excluding hydrogens is 214 g/mol. The van der Waals surface area contributed by atoms with Crippen molar-refractivity contribution in [3.63, 3.8) is 0 Å². The first-order chi connectivity index (χ1) is 7.07. The number of unbranched alkanes of at least 4 members (excludes halogenated alkanes) is 1. The summed E-state index contributed by atoms with van der Waals surface area (Å²) in [5, 5.41) is 10.4. The van der Waals surface area contributed by atoms with Gasteiger partial charge >= 0.3 is 5.97 Å². The Hall–Kier alpha value is -1.36. The summed E-state index contributed by atoms with van der Waals surface area (Å²) >= 11 is 1.00. The summed E-state index contributed by atoms with van der Waals surface area (Å²) in [7, 11) is 0. The number of Topliss-reactive ketones (excluding diaryl/α,β-unsaturated/α-hetero) is 1. The van der Waals surface area contributed by atoms with Gasteiger partial charge in [0.25, 0.3) is 0 Å². The summed E-state index contributed by atoms with van der Waals surface area (Å²) in [5.41, 5.74) is 6.04. The van der Waals surface area contributed by atoms with Gasteiger partial charge in [-0.2, -0.15) is 0 Å². The average Bonchev–Trinajstić information content (AvgIpc) is 2.56. The molecular formula is C10H13NO3S. The predicted octanol–water partition coefficient (Wildman–Crippen LogP) is 2.40. The second kappa shape index (κ2) is 4.93. The van der Waals surface area contributed by atoms with E-state index in [2.05, 4.69) is 0 Å². The highest BCUT2D eigenvalue weighted by Gasteiger charge is 2.21. The molecule has 0 saturated carbocycles. The van der Waals surface area contributed by atoms with E-state index in [4.69, 9.17) is 10.8 Å². The summed E-state index contributed by atoms with van der Waals surface area (Å²) in [6.45, 7) is 1.97. The molecule has 82 valence electrons. The van der Waals surface area contributed by atoms with E-state index in [1.54, 1.807) is 0 Å². The third-order valence-electron chi connectivity index (χ3n) is 2.05. The first-order valence-electron chi connectivity index (χ1n) is 4.71. The summed E-state index contributed by atoms with van der Waals surface area (Å²) in [4.78, 5) is 22.5. The van der Waals surface area contributed by atoms with Gasteiger partial charge in [0, 0.05) is 11.8 Å². The Morgan fingerprint density at radius 3 is 2.73 bits per heavy atom. The van der Waals surface area contributed by atoms with Crippen LogP contribution in [0.25, 0.3) is 0 Å². The molecule has 0 amide bonds. The lowest BCUT2D eigenvalue weighted by atomic mass is 10.1. The third kappa shape index (κ3) is 2.56. The van der Waals surface area contributed by atoms with Crippen molar-refractivity contribution in [3.8, 4) is 0 Å². The van der Waals surface area contributed by atoms with E-state index in [-0.39, 0.29) is 21.9 Å². The van der Waals surface area contributed by atoms with Crippen molar-refractivity contribution in [3.05, 3.63) is 15.8 Å². The Morgan fingerprint density at radius 1 is 1.53 bits per heavy atom. The number of hydrogen-bond donors (Lipinski definition) is 2. The number of carboxylic acid groups (broad SMARTS) is 1. The van der Waals surface area contributed by atoms with Gasteiger partial charge in [0.1, 0.15) is 4.88 Å². The Morgan fingerprint density at radius 2 is 2.20 bits per heavy atom. The fourth-order valence-electron chi connectivity index (χ4n) is 1.28. The van der Waals surface area contributed by atoms with Crippen molar-refractivity contribution in [2.45, 2.75) is 26.2 Å². The summed E-state index contributed by atoms with van der Waals surface area (Å²) in [5.74, 6) is -1.26. The largest absolute Gasteiger partial charge is 0.477 e. The zero-order chi connectivity index (χ0) is 11.4. The van der Waals surface area contributed by atoms with Gasteiger partial charge in [0.2, 0.25) is 0 Å². The summed E-state index contributed by atoms with van der Waals surface area (Å²) in [6, 6.07) is 0. The number of nitrogens with two attached hydrogens (primary N) is 1. The van der Waals surface area contributed by atoms with Crippen LogP contribution in [0.1, 0.15) is 46.2 Å². The maximum Gasteiger partial charge on any atom is 0.346 e. The topological polar surface area (TPSA) is 80.4 Å². The van der Waals surface area contributed by atoms with Crippen LogP contribution in [0.15, 0.2) is 5.38 Å². The van der Waals surface area contributed by atoms with Crippen LogP contribution < -0.4 is 5.73 Å². The third-order valence-corrected chi connectivity index (χ3v) is 3.04. The monoisotopic (exact) mass is 227 g/mol. The van der Waals surface area contributed by atoms with Gasteiger partial charge in [-0.15, -0.1) is 11.3 Å². The van der Waals surface area contributed by atoms with Crippen LogP contribution in [0.3, 0.4) is 0 Å². The zero-order valence-corrected chi connectivity index (χ0v) is 9.26. The molecule has 5 heteroatoms. The molecule has 0 bridgehead atoms. The van der Waals surface area contributed by atoms with Crippen molar-refractivity contribution in [2.75, 3.05) is 5.73 Å². The minimum absolute atomic E-state index is 0.0496. The lowest BCUT2D eigenvalue weighted by Gasteiger charge is -2.00. The fraction of sp³-hybridized carbons (Fsp3) is 0.400. The molecule has 1 aromatic heterocycles. The van der Waals surface area contributed by atoms with E-state index in [0.29, 0.717) is 6.42 Å². The first kappa shape index (κ1) is 11.7. The molecule has 0 fully saturated rings. The smallest absolute Gasteiger partial charge is 0.346 e. The molecule has 0 spiro atoms. The molecule has 4 nitrogen and oxygen atoms in total. The highest BCUT2D eigenvalue weighted by atomic mass is 32.1. The maximum atomic E-state index is 11.7. The van der Waals surface area contributed by atoms with Crippen molar-refractivity contribution in [2.24, 2.45) is 0 Å². The van der Waals surface area contributed by atoms with Crippen LogP contribution in [0.2, 0.25) is 0 Å². The Bertz CT molecular complexity index is 384. The highest BCUT2D eigenvalue weighted by Crippen LogP contribution is 2.26. The van der Waals surface area contributed by atoms with E-state index >= 15 is 0 Å². The van der Waals surface area contributed by atoms with Gasteiger partial charge in [-0.1, -0.05) is 13.3 Å². The van der Waals surface area contributed by atoms with Gasteiger partial charge in [0.05, 0.1) is 11.3 Å². The number of aromatic carboxylic acids is 1. The number of carbonyl (C=O) groups is 2. The Kier molecular flexibility index (Phi) is 3.85. The maximum absolute atomic E-state index is 11.7. The minimum atomic E-state index is -1.09. The standard InChI is InChI=1S/C10H13NO3S/c1-2-3-4-7(12)8-6(11)5-15-9(8)10(13)14/h5H,2-4,11H2,1H3,(H,13,14). The molecule has 0 saturated heterocycles. The molecule has 1 aromatic rings. The minimum Gasteiger partial charge on any atom is -0.477 e. The van der Waals surface area contributed by atoms with Crippen LogP contribution >= 0.6 is 11.3 Å². The van der Waals surface area contributed by atoms with E-state index in [1.807, 2.05) is 6.92 Å². The zero-order valence-electron chi connectivity index (χ0n) is 8.45. The van der Waals surface area contributed by atoms with Gasteiger partial charge < -0.3 is 10.8 Å². The molecule has 0 aromatic carbocycles. The molecule has 0 aliphatic rings. The van der Waals surface area contributed by atoms with Gasteiger partial charge in [-0.05, 0) is 6.42 Å². The van der Waals surface area contributed by atoms with Gasteiger partial charge in [-0.25, -0.2) is 4.79 Å². The van der Waals surface area contributed by atoms with Crippen LogP contribution in [0, 0.1) is 0 Å². The number of carbonyl (C=O) groups excluding carboxylic acids is 1. The first-order valence-corrected chi connectivity index (χ1v) is 5.59. The van der Waals surface area contributed by atoms with Crippen LogP contribution in [0.5, 0.6) is 0 Å². The summed E-state index contributed by atoms with van der Waals surface area (Å²) < 4.78 is 0. The van der Waals surface area contributed by atoms with Crippen molar-refractivity contribution in [1.82, 2.24) is 0 Å². The SMILES string of the molecule is CCCCC(=O)c1c(N)csc1C(=O)O. The lowest BCUT2D eigenvalue weighted by Crippen LogP contribution is -2.07. The number of ketones is 1. The van der Waals surface area contributed by atoms with Crippen LogP contribution in [-0.2, 0) is 0 Å². The molecule has 0 unspecified atom stereocenters. The number of nitrogen functional groups attached to an aromatic ring is 1. The molecule has 0 aliphatic heterocycles. The van der Waals surface area contributed by atoms with Crippen LogP contribution in [-0.4, -0.2) is 16.9 Å². The van der Waals surface area contributed by atoms with Gasteiger partial charge in [-0.3, -0.25) is 4.79 Å². The number of carboxylic acids is 1. The summed E-state index contributed by atoms with van der Waals surface area (Å²) in [6.07, 6.45) is 2.02. The van der Waals surface area contributed by atoms with Crippen molar-refractivity contribution < 1.29 is 14.7 Å². The lowest BCUT2D eigenvalue weighted by molar-refractivity contribution is 0.0697. The van der Waals surface area contributed by atoms with E-state index < -0.39 is 5.97 Å². The molecule has 15 heavy (non-hydrogen) atoms. The van der Waals surface area contributed by atoms with E-state index in [1.165, 1.54) is 5.38 Å². The number of anilines is 1. The Labute approximate surface area is 91.7 Å². The van der Waals surface area contributed by atoms with E-state index in [9.17, 15) is 9.59 Å². The molecule has 0 aliphatic carbocycles. The van der Waals surface area contributed by atoms with Gasteiger partial charge in [0.15, 0.2) is 5.78 Å². The molecule has 3 N–H and O–H groups in total. The fourth-order valence-corrected chi connectivity index (χ4v) is 2.09. The quantitative estimate of drug-likeness (QED) is 0.757. The van der Waals surface area contributed by atoms with E-state index in [0.717, 1.165) is 24.2 Å². The normalized spacial score (nSPS) is 10.2. The second-order valence-corrected chi connectivity index (χ2v) is 4.11. The Balaban J connectivity index is 2.96. The molecule has 1 rings (SSSR count). The molecule has 1 heterocycles. The van der Waals surface area contributed by atoms with Crippen LogP contribution in [0.4, 0.5) is 5.69 Å². The van der Waals surface area contributed by atoms with Crippen molar-refractivity contribution in [1.29, 1.82) is 0 Å².